The summed E-state index contributed by atoms with van der Waals surface area (Å²) in [5.74, 6) is 0. The average Bonchev–Trinajstić information content (AvgIpc) is 2.12. The van der Waals surface area contributed by atoms with E-state index in [1.54, 1.807) is 0 Å². The highest BCUT2D eigenvalue weighted by molar-refractivity contribution is 5.43. The van der Waals surface area contributed by atoms with Crippen molar-refractivity contribution in [3.8, 4) is 0 Å². The largest absolute Gasteiger partial charge is 0.392 e. The Morgan fingerprint density at radius 1 is 1.00 bits per heavy atom. The van der Waals surface area contributed by atoms with E-state index in [2.05, 4.69) is 0 Å². The summed E-state index contributed by atoms with van der Waals surface area (Å²) >= 11 is 0. The number of aryl methyl sites for hydroxylation is 1. The number of rotatable bonds is 2. The molecule has 0 aromatic heterocycles. The van der Waals surface area contributed by atoms with Crippen molar-refractivity contribution in [1.29, 1.82) is 0 Å². The van der Waals surface area contributed by atoms with Crippen molar-refractivity contribution in [1.82, 2.24) is 0 Å². The quantitative estimate of drug-likeness (QED) is 0.725. The molecule has 0 unspecified atom stereocenters. The van der Waals surface area contributed by atoms with E-state index in [1.165, 1.54) is 0 Å². The Bertz CT molecular complexity index is 316. The number of hydrogen-bond donors (Lipinski definition) is 2. The van der Waals surface area contributed by atoms with Crippen LogP contribution < -0.4 is 0 Å². The van der Waals surface area contributed by atoms with Gasteiger partial charge in [-0.2, -0.15) is 0 Å². The lowest BCUT2D eigenvalue weighted by Gasteiger charge is -2.13. The molecule has 1 aromatic carbocycles. The van der Waals surface area contributed by atoms with Crippen LogP contribution >= 0.6 is 0 Å². The molecular formula is C11H16O2. The Morgan fingerprint density at radius 2 is 1.62 bits per heavy atom. The van der Waals surface area contributed by atoms with Crippen molar-refractivity contribution >= 4 is 0 Å². The maximum Gasteiger partial charge on any atom is 0.0687 e. The number of aliphatic hydroxyl groups is 2. The second-order valence-corrected chi connectivity index (χ2v) is 3.40. The highest BCUT2D eigenvalue weighted by atomic mass is 16.3. The SMILES string of the molecule is Cc1cc(CO)c(C)c(CO)c1C. The van der Waals surface area contributed by atoms with Gasteiger partial charge in [-0.05, 0) is 48.6 Å². The summed E-state index contributed by atoms with van der Waals surface area (Å²) in [6.07, 6.45) is 0. The summed E-state index contributed by atoms with van der Waals surface area (Å²) in [5.41, 5.74) is 5.11. The van der Waals surface area contributed by atoms with Crippen LogP contribution in [0.15, 0.2) is 6.07 Å². The first-order valence-corrected chi connectivity index (χ1v) is 4.42. The van der Waals surface area contributed by atoms with Gasteiger partial charge in [0.1, 0.15) is 0 Å². The minimum absolute atomic E-state index is 0.0416. The number of hydrogen-bond acceptors (Lipinski definition) is 2. The molecule has 0 aliphatic heterocycles. The van der Waals surface area contributed by atoms with Crippen molar-refractivity contribution in [2.24, 2.45) is 0 Å². The molecule has 1 rings (SSSR count). The van der Waals surface area contributed by atoms with Crippen LogP contribution in [0.3, 0.4) is 0 Å². The second kappa shape index (κ2) is 3.90. The topological polar surface area (TPSA) is 40.5 Å². The lowest BCUT2D eigenvalue weighted by atomic mass is 9.94. The highest BCUT2D eigenvalue weighted by Gasteiger charge is 2.08. The normalized spacial score (nSPS) is 10.5. The predicted octanol–water partition coefficient (Wildman–Crippen LogP) is 1.60. The van der Waals surface area contributed by atoms with E-state index in [1.807, 2.05) is 26.8 Å². The first-order valence-electron chi connectivity index (χ1n) is 4.42. The van der Waals surface area contributed by atoms with Gasteiger partial charge < -0.3 is 10.2 Å². The van der Waals surface area contributed by atoms with Gasteiger partial charge in [0.15, 0.2) is 0 Å². The van der Waals surface area contributed by atoms with Gasteiger partial charge in [-0.25, -0.2) is 0 Å². The van der Waals surface area contributed by atoms with Gasteiger partial charge in [0.25, 0.3) is 0 Å². The molecule has 0 heterocycles. The Hall–Kier alpha value is -0.860. The van der Waals surface area contributed by atoms with Crippen LogP contribution in [0.2, 0.25) is 0 Å². The van der Waals surface area contributed by atoms with E-state index in [0.717, 1.165) is 27.8 Å². The molecule has 0 aliphatic carbocycles. The molecule has 0 bridgehead atoms. The van der Waals surface area contributed by atoms with Gasteiger partial charge in [-0.3, -0.25) is 0 Å². The third kappa shape index (κ3) is 1.74. The second-order valence-electron chi connectivity index (χ2n) is 3.40. The lowest BCUT2D eigenvalue weighted by molar-refractivity contribution is 0.273. The maximum absolute atomic E-state index is 9.16. The van der Waals surface area contributed by atoms with E-state index >= 15 is 0 Å². The molecule has 0 fully saturated rings. The summed E-state index contributed by atoms with van der Waals surface area (Å²) in [6, 6.07) is 1.98. The van der Waals surface area contributed by atoms with Crippen LogP contribution in [0, 0.1) is 20.8 Å². The summed E-state index contributed by atoms with van der Waals surface area (Å²) in [5, 5.41) is 18.2. The van der Waals surface area contributed by atoms with Crippen LogP contribution in [-0.2, 0) is 13.2 Å². The average molecular weight is 180 g/mol. The van der Waals surface area contributed by atoms with E-state index in [4.69, 9.17) is 10.2 Å². The van der Waals surface area contributed by atoms with Crippen LogP contribution in [0.4, 0.5) is 0 Å². The van der Waals surface area contributed by atoms with Gasteiger partial charge in [0.05, 0.1) is 13.2 Å². The van der Waals surface area contributed by atoms with Crippen LogP contribution in [0.1, 0.15) is 27.8 Å². The van der Waals surface area contributed by atoms with Gasteiger partial charge in [0.2, 0.25) is 0 Å². The van der Waals surface area contributed by atoms with Gasteiger partial charge >= 0.3 is 0 Å². The molecule has 2 nitrogen and oxygen atoms in total. The van der Waals surface area contributed by atoms with E-state index in [0.29, 0.717) is 0 Å². The van der Waals surface area contributed by atoms with Gasteiger partial charge in [-0.1, -0.05) is 6.07 Å². The van der Waals surface area contributed by atoms with Gasteiger partial charge in [-0.15, -0.1) is 0 Å². The molecule has 0 saturated carbocycles. The summed E-state index contributed by atoms with van der Waals surface area (Å²) in [4.78, 5) is 0. The van der Waals surface area contributed by atoms with Crippen molar-refractivity contribution in [2.45, 2.75) is 34.0 Å². The smallest absolute Gasteiger partial charge is 0.0687 e. The number of aliphatic hydroxyl groups excluding tert-OH is 2. The molecule has 2 N–H and O–H groups in total. The molecule has 0 atom stereocenters. The van der Waals surface area contributed by atoms with Crippen molar-refractivity contribution in [3.05, 3.63) is 33.9 Å². The lowest BCUT2D eigenvalue weighted by Crippen LogP contribution is -2.01. The van der Waals surface area contributed by atoms with E-state index < -0.39 is 0 Å². The number of benzene rings is 1. The minimum atomic E-state index is 0.0416. The highest BCUT2D eigenvalue weighted by Crippen LogP contribution is 2.21. The Morgan fingerprint density at radius 3 is 2.08 bits per heavy atom. The third-order valence-corrected chi connectivity index (χ3v) is 2.70. The van der Waals surface area contributed by atoms with Crippen molar-refractivity contribution in [2.75, 3.05) is 0 Å². The molecule has 0 saturated heterocycles. The molecular weight excluding hydrogens is 164 g/mol. The van der Waals surface area contributed by atoms with Crippen LogP contribution in [-0.4, -0.2) is 10.2 Å². The first-order chi connectivity index (χ1) is 6.11. The Kier molecular flexibility index (Phi) is 3.07. The predicted molar refractivity (Wildman–Crippen MR) is 52.5 cm³/mol. The van der Waals surface area contributed by atoms with Crippen molar-refractivity contribution < 1.29 is 10.2 Å². The van der Waals surface area contributed by atoms with E-state index in [-0.39, 0.29) is 13.2 Å². The fourth-order valence-electron chi connectivity index (χ4n) is 1.59. The van der Waals surface area contributed by atoms with Crippen LogP contribution in [0.25, 0.3) is 0 Å². The Labute approximate surface area is 78.8 Å². The summed E-state index contributed by atoms with van der Waals surface area (Å²) in [6.45, 7) is 6.01. The zero-order valence-electron chi connectivity index (χ0n) is 8.39. The fraction of sp³-hybridized carbons (Fsp3) is 0.455. The molecule has 0 amide bonds. The monoisotopic (exact) mass is 180 g/mol. The Balaban J connectivity index is 3.39. The zero-order chi connectivity index (χ0) is 10.0. The maximum atomic E-state index is 9.16. The zero-order valence-corrected chi connectivity index (χ0v) is 8.39. The fourth-order valence-corrected chi connectivity index (χ4v) is 1.59. The molecule has 0 spiro atoms. The van der Waals surface area contributed by atoms with Crippen molar-refractivity contribution in [3.63, 3.8) is 0 Å². The molecule has 0 radical (unpaired) electrons. The minimum Gasteiger partial charge on any atom is -0.392 e. The van der Waals surface area contributed by atoms with E-state index in [9.17, 15) is 0 Å². The first kappa shape index (κ1) is 10.2. The molecule has 2 heteroatoms. The molecule has 72 valence electrons. The van der Waals surface area contributed by atoms with Crippen LogP contribution in [0.5, 0.6) is 0 Å². The standard InChI is InChI=1S/C11H16O2/c1-7-4-10(5-12)9(3)11(6-13)8(7)2/h4,12-13H,5-6H2,1-3H3. The van der Waals surface area contributed by atoms with Gasteiger partial charge in [0, 0.05) is 0 Å². The third-order valence-electron chi connectivity index (χ3n) is 2.70. The molecule has 1 aromatic rings. The molecule has 13 heavy (non-hydrogen) atoms. The summed E-state index contributed by atoms with van der Waals surface area (Å²) in [7, 11) is 0. The summed E-state index contributed by atoms with van der Waals surface area (Å²) < 4.78 is 0. The molecule has 0 aliphatic rings.